The van der Waals surface area contributed by atoms with E-state index in [0.29, 0.717) is 12.3 Å². The molecular formula is C16H14N4O5. The van der Waals surface area contributed by atoms with Crippen molar-refractivity contribution < 1.29 is 18.9 Å². The van der Waals surface area contributed by atoms with Crippen LogP contribution in [0.25, 0.3) is 0 Å². The largest absolute Gasteiger partial charge is 0.494 e. The van der Waals surface area contributed by atoms with Gasteiger partial charge in [0, 0.05) is 12.3 Å². The van der Waals surface area contributed by atoms with Gasteiger partial charge in [-0.2, -0.15) is 5.26 Å². The van der Waals surface area contributed by atoms with E-state index in [1.807, 2.05) is 0 Å². The number of anilines is 1. The average molecular weight is 342 g/mol. The summed E-state index contributed by atoms with van der Waals surface area (Å²) in [5, 5.41) is 25.2. The molecule has 1 amide bonds. The average Bonchev–Trinajstić information content (AvgIpc) is 3.12. The van der Waals surface area contributed by atoms with Crippen molar-refractivity contribution in [2.45, 2.75) is 6.54 Å². The van der Waals surface area contributed by atoms with Crippen LogP contribution in [0.5, 0.6) is 5.75 Å². The number of hydrogen-bond donors (Lipinski definition) is 2. The van der Waals surface area contributed by atoms with E-state index in [1.54, 1.807) is 18.2 Å². The van der Waals surface area contributed by atoms with Gasteiger partial charge in [0.1, 0.15) is 23.2 Å². The fourth-order valence-electron chi connectivity index (χ4n) is 1.90. The van der Waals surface area contributed by atoms with Gasteiger partial charge < -0.3 is 19.8 Å². The molecule has 128 valence electrons. The molecule has 9 heteroatoms. The number of ether oxygens (including phenoxy) is 1. The summed E-state index contributed by atoms with van der Waals surface area (Å²) in [5.41, 5.74) is -0.136. The Bertz CT molecular complexity index is 837. The van der Waals surface area contributed by atoms with Gasteiger partial charge in [-0.1, -0.05) is 0 Å². The number of carbonyl (C=O) groups excluding carboxylic acids is 1. The minimum absolute atomic E-state index is 0.114. The van der Waals surface area contributed by atoms with Crippen LogP contribution in [-0.2, 0) is 11.3 Å². The molecule has 0 radical (unpaired) electrons. The molecule has 0 unspecified atom stereocenters. The Kier molecular flexibility index (Phi) is 5.73. The number of amides is 1. The smallest absolute Gasteiger partial charge is 0.273 e. The fourth-order valence-corrected chi connectivity index (χ4v) is 1.90. The molecule has 2 aromatic rings. The van der Waals surface area contributed by atoms with Crippen LogP contribution in [0.15, 0.2) is 52.8 Å². The first-order valence-electron chi connectivity index (χ1n) is 7.05. The van der Waals surface area contributed by atoms with E-state index in [-0.39, 0.29) is 22.7 Å². The molecule has 2 rings (SSSR count). The summed E-state index contributed by atoms with van der Waals surface area (Å²) in [6, 6.07) is 8.98. The molecule has 0 aliphatic rings. The van der Waals surface area contributed by atoms with Gasteiger partial charge in [0.2, 0.25) is 0 Å². The van der Waals surface area contributed by atoms with Crippen LogP contribution in [-0.4, -0.2) is 17.9 Å². The monoisotopic (exact) mass is 342 g/mol. The van der Waals surface area contributed by atoms with Crippen molar-refractivity contribution in [2.24, 2.45) is 0 Å². The zero-order chi connectivity index (χ0) is 18.2. The summed E-state index contributed by atoms with van der Waals surface area (Å²) >= 11 is 0. The SMILES string of the molecule is COc1cc([N+](=O)[O-])ccc1NC(=O)/C(C#N)=C\NCc1ccco1. The van der Waals surface area contributed by atoms with Gasteiger partial charge in [-0.25, -0.2) is 0 Å². The summed E-state index contributed by atoms with van der Waals surface area (Å²) in [7, 11) is 1.32. The van der Waals surface area contributed by atoms with Crippen LogP contribution in [0.3, 0.4) is 0 Å². The second-order valence-corrected chi connectivity index (χ2v) is 4.73. The summed E-state index contributed by atoms with van der Waals surface area (Å²) in [5.74, 6) is 0.0796. The second-order valence-electron chi connectivity index (χ2n) is 4.73. The lowest BCUT2D eigenvalue weighted by Crippen LogP contribution is -2.17. The number of nitro benzene ring substituents is 1. The number of carbonyl (C=O) groups is 1. The lowest BCUT2D eigenvalue weighted by molar-refractivity contribution is -0.384. The first-order valence-corrected chi connectivity index (χ1v) is 7.05. The highest BCUT2D eigenvalue weighted by molar-refractivity contribution is 6.07. The van der Waals surface area contributed by atoms with Gasteiger partial charge >= 0.3 is 0 Å². The molecule has 0 aliphatic carbocycles. The molecule has 1 aromatic carbocycles. The molecule has 0 saturated heterocycles. The van der Waals surface area contributed by atoms with Crippen LogP contribution < -0.4 is 15.4 Å². The molecule has 1 aromatic heterocycles. The molecule has 0 bridgehead atoms. The molecule has 0 fully saturated rings. The topological polar surface area (TPSA) is 130 Å². The van der Waals surface area contributed by atoms with E-state index < -0.39 is 10.8 Å². The van der Waals surface area contributed by atoms with Gasteiger partial charge in [0.15, 0.2) is 0 Å². The van der Waals surface area contributed by atoms with Gasteiger partial charge in [0.05, 0.1) is 36.6 Å². The number of methoxy groups -OCH3 is 1. The highest BCUT2D eigenvalue weighted by Gasteiger charge is 2.15. The zero-order valence-corrected chi connectivity index (χ0v) is 13.2. The maximum absolute atomic E-state index is 12.2. The van der Waals surface area contributed by atoms with Gasteiger partial charge in [-0.05, 0) is 18.2 Å². The summed E-state index contributed by atoms with van der Waals surface area (Å²) < 4.78 is 10.2. The van der Waals surface area contributed by atoms with E-state index >= 15 is 0 Å². The Balaban J connectivity index is 2.08. The summed E-state index contributed by atoms with van der Waals surface area (Å²) in [6.07, 6.45) is 2.77. The fraction of sp³-hybridized carbons (Fsp3) is 0.125. The number of nitriles is 1. The Morgan fingerprint density at radius 3 is 2.88 bits per heavy atom. The number of rotatable bonds is 7. The van der Waals surface area contributed by atoms with Crippen LogP contribution in [0.1, 0.15) is 5.76 Å². The van der Waals surface area contributed by atoms with Crippen molar-refractivity contribution in [3.63, 3.8) is 0 Å². The maximum Gasteiger partial charge on any atom is 0.273 e. The molecule has 0 spiro atoms. The van der Waals surface area contributed by atoms with Crippen molar-refractivity contribution in [3.05, 3.63) is 64.2 Å². The minimum Gasteiger partial charge on any atom is -0.494 e. The Labute approximate surface area is 142 Å². The van der Waals surface area contributed by atoms with Gasteiger partial charge in [0.25, 0.3) is 11.6 Å². The lowest BCUT2D eigenvalue weighted by Gasteiger charge is -2.09. The van der Waals surface area contributed by atoms with Crippen molar-refractivity contribution in [3.8, 4) is 11.8 Å². The predicted octanol–water partition coefficient (Wildman–Crippen LogP) is 2.33. The number of hydrogen-bond acceptors (Lipinski definition) is 7. The van der Waals surface area contributed by atoms with Crippen molar-refractivity contribution in [1.29, 1.82) is 5.26 Å². The first-order chi connectivity index (χ1) is 12.0. The molecule has 1 heterocycles. The van der Waals surface area contributed by atoms with Gasteiger partial charge in [-0.3, -0.25) is 14.9 Å². The third kappa shape index (κ3) is 4.59. The molecule has 0 aliphatic heterocycles. The molecule has 25 heavy (non-hydrogen) atoms. The third-order valence-corrected chi connectivity index (χ3v) is 3.11. The first kappa shape index (κ1) is 17.6. The lowest BCUT2D eigenvalue weighted by atomic mass is 10.2. The number of non-ortho nitro benzene ring substituents is 1. The highest BCUT2D eigenvalue weighted by Crippen LogP contribution is 2.29. The quantitative estimate of drug-likeness (QED) is 0.342. The standard InChI is InChI=1S/C16H14N4O5/c1-24-15-7-12(20(22)23)4-5-14(15)19-16(21)11(8-17)9-18-10-13-3-2-6-25-13/h2-7,9,18H,10H2,1H3,(H,19,21)/b11-9-. The third-order valence-electron chi connectivity index (χ3n) is 3.11. The predicted molar refractivity (Wildman–Crippen MR) is 87.5 cm³/mol. The highest BCUT2D eigenvalue weighted by atomic mass is 16.6. The Morgan fingerprint density at radius 1 is 1.48 bits per heavy atom. The van der Waals surface area contributed by atoms with Crippen molar-refractivity contribution in [2.75, 3.05) is 12.4 Å². The molecule has 0 saturated carbocycles. The second kappa shape index (κ2) is 8.16. The number of furan rings is 1. The Hall–Kier alpha value is -3.80. The number of nitrogens with one attached hydrogen (secondary N) is 2. The van der Waals surface area contributed by atoms with E-state index in [1.165, 1.54) is 37.8 Å². The normalized spacial score (nSPS) is 10.6. The molecule has 2 N–H and O–H groups in total. The van der Waals surface area contributed by atoms with Crippen LogP contribution in [0, 0.1) is 21.4 Å². The van der Waals surface area contributed by atoms with E-state index in [0.717, 1.165) is 0 Å². The molecular weight excluding hydrogens is 328 g/mol. The van der Waals surface area contributed by atoms with E-state index in [9.17, 15) is 14.9 Å². The van der Waals surface area contributed by atoms with Crippen LogP contribution >= 0.6 is 0 Å². The number of nitrogens with zero attached hydrogens (tertiary/aromatic N) is 2. The molecule has 9 nitrogen and oxygen atoms in total. The Morgan fingerprint density at radius 2 is 2.28 bits per heavy atom. The van der Waals surface area contributed by atoms with Crippen LogP contribution in [0.4, 0.5) is 11.4 Å². The van der Waals surface area contributed by atoms with Crippen LogP contribution in [0.2, 0.25) is 0 Å². The molecule has 0 atom stereocenters. The zero-order valence-electron chi connectivity index (χ0n) is 13.2. The van der Waals surface area contributed by atoms with E-state index in [2.05, 4.69) is 10.6 Å². The van der Waals surface area contributed by atoms with Crippen molar-refractivity contribution in [1.82, 2.24) is 5.32 Å². The number of nitro groups is 1. The minimum atomic E-state index is -0.679. The maximum atomic E-state index is 12.2. The number of benzene rings is 1. The van der Waals surface area contributed by atoms with Gasteiger partial charge in [-0.15, -0.1) is 0 Å². The summed E-state index contributed by atoms with van der Waals surface area (Å²) in [4.78, 5) is 22.4. The van der Waals surface area contributed by atoms with E-state index in [4.69, 9.17) is 14.4 Å². The summed E-state index contributed by atoms with van der Waals surface area (Å²) in [6.45, 7) is 0.312. The van der Waals surface area contributed by atoms with Crippen molar-refractivity contribution >= 4 is 17.3 Å².